The van der Waals surface area contributed by atoms with Crippen molar-refractivity contribution in [1.82, 2.24) is 20.4 Å². The Kier molecular flexibility index (Phi) is 5.76. The lowest BCUT2D eigenvalue weighted by Crippen LogP contribution is -2.60. The van der Waals surface area contributed by atoms with Crippen LogP contribution in [0.4, 0.5) is 0 Å². The fourth-order valence-corrected chi connectivity index (χ4v) is 5.08. The van der Waals surface area contributed by atoms with Gasteiger partial charge >= 0.3 is 0 Å². The molecule has 8 heteroatoms. The topological polar surface area (TPSA) is 100 Å². The van der Waals surface area contributed by atoms with Crippen LogP contribution in [-0.2, 0) is 9.53 Å². The van der Waals surface area contributed by atoms with Crippen molar-refractivity contribution in [3.05, 3.63) is 59.7 Å². The van der Waals surface area contributed by atoms with Gasteiger partial charge in [0, 0.05) is 48.7 Å². The molecule has 2 amide bonds. The van der Waals surface area contributed by atoms with Crippen LogP contribution in [-0.4, -0.2) is 59.3 Å². The van der Waals surface area contributed by atoms with E-state index in [2.05, 4.69) is 15.5 Å². The van der Waals surface area contributed by atoms with E-state index < -0.39 is 0 Å². The van der Waals surface area contributed by atoms with E-state index in [1.807, 2.05) is 36.1 Å². The maximum atomic E-state index is 13.1. The molecule has 0 radical (unpaired) electrons. The number of amides is 2. The molecule has 1 aromatic carbocycles. The normalized spacial score (nSPS) is 23.1. The van der Waals surface area contributed by atoms with E-state index in [1.54, 1.807) is 24.7 Å². The van der Waals surface area contributed by atoms with E-state index in [4.69, 9.17) is 9.15 Å². The van der Waals surface area contributed by atoms with Crippen LogP contribution in [0.5, 0.6) is 0 Å². The molecular weight excluding hydrogens is 420 g/mol. The molecule has 33 heavy (non-hydrogen) atoms. The SMILES string of the molecule is Cc1cccc2c(C(=O)NCC34CCCOC3CCN(C(=O)/C=C/c3ccoc3)C4)[nH]nc12. The summed E-state index contributed by atoms with van der Waals surface area (Å²) in [6, 6.07) is 7.61. The summed E-state index contributed by atoms with van der Waals surface area (Å²) in [5, 5.41) is 11.1. The summed E-state index contributed by atoms with van der Waals surface area (Å²) in [6.07, 6.45) is 9.11. The van der Waals surface area contributed by atoms with Crippen molar-refractivity contribution in [3.8, 4) is 0 Å². The number of aryl methyl sites for hydroxylation is 1. The molecule has 2 fully saturated rings. The van der Waals surface area contributed by atoms with Crippen molar-refractivity contribution in [2.75, 3.05) is 26.2 Å². The van der Waals surface area contributed by atoms with Crippen LogP contribution in [0.25, 0.3) is 17.0 Å². The number of hydrogen-bond acceptors (Lipinski definition) is 5. The number of aromatic nitrogens is 2. The second-order valence-corrected chi connectivity index (χ2v) is 9.02. The maximum absolute atomic E-state index is 13.1. The molecule has 2 unspecified atom stereocenters. The third-order valence-electron chi connectivity index (χ3n) is 6.88. The van der Waals surface area contributed by atoms with Gasteiger partial charge in [-0.15, -0.1) is 0 Å². The zero-order valence-electron chi connectivity index (χ0n) is 18.7. The summed E-state index contributed by atoms with van der Waals surface area (Å²) in [7, 11) is 0. The first-order valence-corrected chi connectivity index (χ1v) is 11.4. The molecule has 3 aromatic rings. The lowest BCUT2D eigenvalue weighted by molar-refractivity contribution is -0.146. The number of aromatic amines is 1. The monoisotopic (exact) mass is 448 g/mol. The highest BCUT2D eigenvalue weighted by molar-refractivity contribution is 6.05. The van der Waals surface area contributed by atoms with Gasteiger partial charge in [0.25, 0.3) is 5.91 Å². The van der Waals surface area contributed by atoms with Crippen molar-refractivity contribution in [1.29, 1.82) is 0 Å². The minimum Gasteiger partial charge on any atom is -0.472 e. The molecule has 2 saturated heterocycles. The molecule has 2 aliphatic rings. The van der Waals surface area contributed by atoms with Gasteiger partial charge in [-0.2, -0.15) is 5.10 Å². The molecular formula is C25H28N4O4. The lowest BCUT2D eigenvalue weighted by atomic mass is 9.72. The number of furan rings is 1. The first kappa shape index (κ1) is 21.5. The quantitative estimate of drug-likeness (QED) is 0.584. The number of benzene rings is 1. The minimum atomic E-state index is -0.308. The molecule has 2 aliphatic heterocycles. The van der Waals surface area contributed by atoms with Crippen LogP contribution in [0.1, 0.15) is 40.9 Å². The van der Waals surface area contributed by atoms with E-state index in [0.29, 0.717) is 25.3 Å². The van der Waals surface area contributed by atoms with E-state index in [0.717, 1.165) is 47.9 Å². The Morgan fingerprint density at radius 3 is 3.12 bits per heavy atom. The third kappa shape index (κ3) is 4.18. The molecule has 172 valence electrons. The molecule has 0 saturated carbocycles. The zero-order valence-corrected chi connectivity index (χ0v) is 18.7. The number of hydrogen-bond donors (Lipinski definition) is 2. The van der Waals surface area contributed by atoms with Crippen LogP contribution >= 0.6 is 0 Å². The van der Waals surface area contributed by atoms with Gasteiger partial charge in [0.15, 0.2) is 0 Å². The molecule has 0 bridgehead atoms. The second kappa shape index (κ2) is 8.86. The number of carbonyl (C=O) groups excluding carboxylic acids is 2. The Labute approximate surface area is 192 Å². The smallest absolute Gasteiger partial charge is 0.269 e. The summed E-state index contributed by atoms with van der Waals surface area (Å²) in [5.41, 5.74) is 2.83. The number of piperidine rings is 1. The molecule has 2 aromatic heterocycles. The standard InChI is InChI=1S/C25H28N4O4/c1-17-4-2-5-19-22(17)27-28-23(19)24(31)26-15-25-10-3-12-33-20(25)8-11-29(16-25)21(30)7-6-18-9-13-32-14-18/h2,4-7,9,13-14,20H,3,8,10-12,15-16H2,1H3,(H,26,31)(H,27,28)/b7-6+. The van der Waals surface area contributed by atoms with Crippen molar-refractivity contribution in [3.63, 3.8) is 0 Å². The number of carbonyl (C=O) groups is 2. The number of likely N-dealkylation sites (tertiary alicyclic amines) is 1. The van der Waals surface area contributed by atoms with Crippen LogP contribution in [0.15, 0.2) is 47.3 Å². The van der Waals surface area contributed by atoms with Gasteiger partial charge in [0.1, 0.15) is 5.69 Å². The highest BCUT2D eigenvalue weighted by Crippen LogP contribution is 2.40. The highest BCUT2D eigenvalue weighted by atomic mass is 16.5. The Hall–Kier alpha value is -3.39. The van der Waals surface area contributed by atoms with Gasteiger partial charge in [0.05, 0.1) is 24.1 Å². The second-order valence-electron chi connectivity index (χ2n) is 9.02. The highest BCUT2D eigenvalue weighted by Gasteiger charge is 2.47. The van der Waals surface area contributed by atoms with Gasteiger partial charge < -0.3 is 19.4 Å². The summed E-state index contributed by atoms with van der Waals surface area (Å²) in [5.74, 6) is -0.230. The minimum absolute atomic E-state index is 0.0224. The average molecular weight is 449 g/mol. The predicted octanol–water partition coefficient (Wildman–Crippen LogP) is 3.31. The number of nitrogens with one attached hydrogen (secondary N) is 2. The van der Waals surface area contributed by atoms with E-state index in [-0.39, 0.29) is 23.3 Å². The number of ether oxygens (including phenoxy) is 1. The van der Waals surface area contributed by atoms with Crippen molar-refractivity contribution >= 4 is 28.8 Å². The first-order chi connectivity index (χ1) is 16.1. The summed E-state index contributed by atoms with van der Waals surface area (Å²) < 4.78 is 11.2. The largest absolute Gasteiger partial charge is 0.472 e. The van der Waals surface area contributed by atoms with E-state index >= 15 is 0 Å². The molecule has 0 spiro atoms. The summed E-state index contributed by atoms with van der Waals surface area (Å²) >= 11 is 0. The Morgan fingerprint density at radius 2 is 2.27 bits per heavy atom. The fraction of sp³-hybridized carbons (Fsp3) is 0.400. The van der Waals surface area contributed by atoms with Crippen LogP contribution in [0, 0.1) is 12.3 Å². The number of fused-ring (bicyclic) bond motifs is 2. The Balaban J connectivity index is 1.31. The zero-order chi connectivity index (χ0) is 22.8. The molecule has 0 aliphatic carbocycles. The predicted molar refractivity (Wildman–Crippen MR) is 124 cm³/mol. The molecule has 2 atom stereocenters. The Bertz CT molecular complexity index is 1180. The number of H-pyrrole nitrogens is 1. The van der Waals surface area contributed by atoms with E-state index in [1.165, 1.54) is 0 Å². The number of nitrogens with zero attached hydrogens (tertiary/aromatic N) is 2. The van der Waals surface area contributed by atoms with Gasteiger partial charge in [0.2, 0.25) is 5.91 Å². The van der Waals surface area contributed by atoms with Gasteiger partial charge in [-0.3, -0.25) is 14.7 Å². The molecule has 8 nitrogen and oxygen atoms in total. The Morgan fingerprint density at radius 1 is 1.36 bits per heavy atom. The van der Waals surface area contributed by atoms with Crippen LogP contribution in [0.3, 0.4) is 0 Å². The third-order valence-corrected chi connectivity index (χ3v) is 6.88. The van der Waals surface area contributed by atoms with Crippen LogP contribution in [0.2, 0.25) is 0 Å². The summed E-state index contributed by atoms with van der Waals surface area (Å²) in [4.78, 5) is 27.8. The fourth-order valence-electron chi connectivity index (χ4n) is 5.08. The number of rotatable bonds is 5. The molecule has 5 rings (SSSR count). The van der Waals surface area contributed by atoms with Crippen molar-refractivity contribution < 1.29 is 18.7 Å². The number of para-hydroxylation sites is 1. The first-order valence-electron chi connectivity index (χ1n) is 11.4. The lowest BCUT2D eigenvalue weighted by Gasteiger charge is -2.50. The average Bonchev–Trinajstić information content (AvgIpc) is 3.51. The molecule has 4 heterocycles. The maximum Gasteiger partial charge on any atom is 0.269 e. The van der Waals surface area contributed by atoms with Gasteiger partial charge in [-0.1, -0.05) is 18.2 Å². The van der Waals surface area contributed by atoms with Crippen LogP contribution < -0.4 is 5.32 Å². The van der Waals surface area contributed by atoms with E-state index in [9.17, 15) is 9.59 Å². The summed E-state index contributed by atoms with van der Waals surface area (Å²) in [6.45, 7) is 4.33. The van der Waals surface area contributed by atoms with Crippen molar-refractivity contribution in [2.45, 2.75) is 32.3 Å². The van der Waals surface area contributed by atoms with Crippen molar-refractivity contribution in [2.24, 2.45) is 5.41 Å². The van der Waals surface area contributed by atoms with Gasteiger partial charge in [-0.25, -0.2) is 0 Å². The molecule has 2 N–H and O–H groups in total. The van der Waals surface area contributed by atoms with Gasteiger partial charge in [-0.05, 0) is 43.9 Å².